The van der Waals surface area contributed by atoms with Crippen LogP contribution in [-0.2, 0) is 27.4 Å². The highest BCUT2D eigenvalue weighted by Gasteiger charge is 2.33. The predicted octanol–water partition coefficient (Wildman–Crippen LogP) is 4.92. The molecule has 1 fully saturated rings. The molecule has 0 spiro atoms. The quantitative estimate of drug-likeness (QED) is 0.151. The van der Waals surface area contributed by atoms with Crippen molar-refractivity contribution < 1.29 is 33.7 Å². The van der Waals surface area contributed by atoms with Crippen LogP contribution < -0.4 is 5.32 Å². The fraction of sp³-hybridized carbons (Fsp3) is 0.258. The van der Waals surface area contributed by atoms with Crippen LogP contribution in [0.5, 0.6) is 0 Å². The Labute approximate surface area is 255 Å². The number of hydrogen-bond acceptors (Lipinski definition) is 11. The Balaban J connectivity index is 1.12. The monoisotopic (exact) mass is 617 g/mol. The Morgan fingerprint density at radius 3 is 2.40 bits per heavy atom. The summed E-state index contributed by atoms with van der Waals surface area (Å²) in [7, 11) is 0. The average Bonchev–Trinajstić information content (AvgIpc) is 3.59. The number of cyclic esters (lactones) is 2. The first-order chi connectivity index (χ1) is 20.9. The molecule has 220 valence electrons. The highest BCUT2D eigenvalue weighted by molar-refractivity contribution is 8.01. The largest absolute Gasteiger partial charge is 0.392 e. The topological polar surface area (TPSA) is 137 Å². The summed E-state index contributed by atoms with van der Waals surface area (Å²) >= 11 is 3.17. The number of ether oxygens (including phenoxy) is 3. The number of hydrogen-bond donors (Lipinski definition) is 2. The lowest BCUT2D eigenvalue weighted by Gasteiger charge is -2.36. The van der Waals surface area contributed by atoms with E-state index in [0.29, 0.717) is 12.2 Å². The van der Waals surface area contributed by atoms with Crippen LogP contribution >= 0.6 is 23.1 Å². The van der Waals surface area contributed by atoms with Crippen LogP contribution in [0, 0.1) is 6.92 Å². The summed E-state index contributed by atoms with van der Waals surface area (Å²) in [5, 5.41) is 21.5. The van der Waals surface area contributed by atoms with Gasteiger partial charge in [-0.3, -0.25) is 4.79 Å². The van der Waals surface area contributed by atoms with Gasteiger partial charge in [0.1, 0.15) is 5.01 Å². The lowest BCUT2D eigenvalue weighted by atomic mass is 10.0. The maximum Gasteiger partial charge on any atom is 0.346 e. The van der Waals surface area contributed by atoms with Gasteiger partial charge in [-0.25, -0.2) is 9.59 Å². The summed E-state index contributed by atoms with van der Waals surface area (Å²) in [5.74, 6) is -1.14. The SMILES string of the molecule is Cc1nnc(SCC2CC(c3ccc(CO)cc3)OC(c3ccc(CNC(=O)c4ccc5c(c4)C(=O)OC5=O)cc3)O2)s1. The molecule has 0 saturated carbocycles. The zero-order valence-electron chi connectivity index (χ0n) is 23.0. The van der Waals surface area contributed by atoms with Gasteiger partial charge in [0.25, 0.3) is 5.91 Å². The molecule has 0 radical (unpaired) electrons. The van der Waals surface area contributed by atoms with Crippen molar-refractivity contribution in [3.8, 4) is 0 Å². The van der Waals surface area contributed by atoms with Gasteiger partial charge in [-0.15, -0.1) is 10.2 Å². The molecule has 2 aliphatic rings. The molecule has 2 aliphatic heterocycles. The van der Waals surface area contributed by atoms with Crippen molar-refractivity contribution in [1.82, 2.24) is 15.5 Å². The number of aliphatic hydroxyl groups excluding tert-OH is 1. The number of nitrogens with one attached hydrogen (secondary N) is 1. The van der Waals surface area contributed by atoms with Crippen molar-refractivity contribution in [3.05, 3.63) is 111 Å². The fourth-order valence-corrected chi connectivity index (χ4v) is 6.69. The summed E-state index contributed by atoms with van der Waals surface area (Å²) in [5.41, 5.74) is 4.06. The van der Waals surface area contributed by atoms with Gasteiger partial charge in [-0.1, -0.05) is 71.6 Å². The maximum absolute atomic E-state index is 12.7. The highest BCUT2D eigenvalue weighted by atomic mass is 32.2. The first-order valence-corrected chi connectivity index (χ1v) is 15.4. The van der Waals surface area contributed by atoms with Gasteiger partial charge < -0.3 is 24.6 Å². The lowest BCUT2D eigenvalue weighted by molar-refractivity contribution is -0.245. The molecule has 3 heterocycles. The summed E-state index contributed by atoms with van der Waals surface area (Å²) in [6, 6.07) is 19.7. The number of fused-ring (bicyclic) bond motifs is 1. The van der Waals surface area contributed by atoms with Crippen LogP contribution in [0.2, 0.25) is 0 Å². The third-order valence-electron chi connectivity index (χ3n) is 7.13. The Bertz CT molecular complexity index is 1660. The predicted molar refractivity (Wildman–Crippen MR) is 158 cm³/mol. The Morgan fingerprint density at radius 2 is 1.67 bits per heavy atom. The molecule has 1 saturated heterocycles. The Kier molecular flexibility index (Phi) is 8.63. The number of amides is 1. The summed E-state index contributed by atoms with van der Waals surface area (Å²) in [6.45, 7) is 2.16. The second kappa shape index (κ2) is 12.7. The third-order valence-corrected chi connectivity index (χ3v) is 9.23. The molecular formula is C31H27N3O7S2. The van der Waals surface area contributed by atoms with Crippen LogP contribution in [0.15, 0.2) is 71.1 Å². The standard InChI is InChI=1S/C31H27N3O7S2/c1-17-33-34-31(43-17)42-16-23-13-26(20-6-4-19(15-35)5-7-20)40-30(39-23)21-8-2-18(3-9-21)14-32-27(36)22-10-11-24-25(12-22)29(38)41-28(24)37/h2-12,23,26,30,35H,13-16H2,1H3,(H,32,36). The Hall–Kier alpha value is -3.94. The number of carbonyl (C=O) groups excluding carboxylic acids is 3. The maximum atomic E-state index is 12.7. The van der Waals surface area contributed by atoms with Crippen LogP contribution in [0.4, 0.5) is 0 Å². The number of aliphatic hydroxyl groups is 1. The fourth-order valence-electron chi connectivity index (χ4n) is 4.83. The molecule has 0 aliphatic carbocycles. The van der Waals surface area contributed by atoms with Crippen LogP contribution in [0.25, 0.3) is 0 Å². The van der Waals surface area contributed by atoms with Crippen LogP contribution in [0.1, 0.15) is 77.2 Å². The molecule has 12 heteroatoms. The number of benzene rings is 3. The number of rotatable bonds is 9. The van der Waals surface area contributed by atoms with Crippen LogP contribution in [-0.4, -0.2) is 45.0 Å². The van der Waals surface area contributed by atoms with Gasteiger partial charge in [0.05, 0.1) is 29.9 Å². The molecule has 3 unspecified atom stereocenters. The van der Waals surface area contributed by atoms with E-state index in [4.69, 9.17) is 9.47 Å². The lowest BCUT2D eigenvalue weighted by Crippen LogP contribution is -2.31. The number of aryl methyl sites for hydroxylation is 1. The van der Waals surface area contributed by atoms with Gasteiger partial charge in [0, 0.05) is 29.8 Å². The zero-order valence-corrected chi connectivity index (χ0v) is 24.7. The molecule has 4 aromatic rings. The highest BCUT2D eigenvalue weighted by Crippen LogP contribution is 2.39. The van der Waals surface area contributed by atoms with Gasteiger partial charge in [-0.05, 0) is 41.8 Å². The van der Waals surface area contributed by atoms with Gasteiger partial charge in [-0.2, -0.15) is 0 Å². The second-order valence-electron chi connectivity index (χ2n) is 10.1. The first-order valence-electron chi connectivity index (χ1n) is 13.6. The number of aromatic nitrogens is 2. The van der Waals surface area contributed by atoms with E-state index < -0.39 is 18.2 Å². The molecule has 0 bridgehead atoms. The summed E-state index contributed by atoms with van der Waals surface area (Å²) < 4.78 is 18.3. The molecule has 3 aromatic carbocycles. The Morgan fingerprint density at radius 1 is 0.953 bits per heavy atom. The second-order valence-corrected chi connectivity index (χ2v) is 12.6. The van der Waals surface area contributed by atoms with Crippen molar-refractivity contribution in [3.63, 3.8) is 0 Å². The number of carbonyl (C=O) groups is 3. The minimum atomic E-state index is -0.752. The van der Waals surface area contributed by atoms with Crippen molar-refractivity contribution >= 4 is 40.9 Å². The van der Waals surface area contributed by atoms with Crippen molar-refractivity contribution in [2.45, 2.75) is 49.3 Å². The van der Waals surface area contributed by atoms with E-state index in [9.17, 15) is 19.5 Å². The molecule has 6 rings (SSSR count). The first kappa shape index (κ1) is 29.1. The average molecular weight is 618 g/mol. The summed E-state index contributed by atoms with van der Waals surface area (Å²) in [4.78, 5) is 36.2. The van der Waals surface area contributed by atoms with E-state index in [-0.39, 0.29) is 48.0 Å². The number of thioether (sulfide) groups is 1. The van der Waals surface area contributed by atoms with Crippen molar-refractivity contribution in [2.24, 2.45) is 0 Å². The van der Waals surface area contributed by atoms with Gasteiger partial charge >= 0.3 is 11.9 Å². The van der Waals surface area contributed by atoms with E-state index in [1.54, 1.807) is 23.1 Å². The molecule has 3 atom stereocenters. The third kappa shape index (κ3) is 6.68. The van der Waals surface area contributed by atoms with Crippen LogP contribution in [0.3, 0.4) is 0 Å². The minimum absolute atomic E-state index is 0.0200. The molecule has 1 amide bonds. The molecule has 2 N–H and O–H groups in total. The van der Waals surface area contributed by atoms with Gasteiger partial charge in [0.2, 0.25) is 0 Å². The van der Waals surface area contributed by atoms with E-state index in [0.717, 1.165) is 31.6 Å². The molecular weight excluding hydrogens is 590 g/mol. The van der Waals surface area contributed by atoms with E-state index in [2.05, 4.69) is 20.3 Å². The smallest absolute Gasteiger partial charge is 0.346 e. The van der Waals surface area contributed by atoms with Crippen molar-refractivity contribution in [2.75, 3.05) is 5.75 Å². The van der Waals surface area contributed by atoms with E-state index in [1.807, 2.05) is 55.5 Å². The molecule has 10 nitrogen and oxygen atoms in total. The van der Waals surface area contributed by atoms with E-state index in [1.165, 1.54) is 18.2 Å². The number of nitrogens with zero attached hydrogens (tertiary/aromatic N) is 2. The summed E-state index contributed by atoms with van der Waals surface area (Å²) in [6.07, 6.45) is -0.240. The number of esters is 2. The minimum Gasteiger partial charge on any atom is -0.392 e. The van der Waals surface area contributed by atoms with Gasteiger partial charge in [0.15, 0.2) is 10.6 Å². The molecule has 1 aromatic heterocycles. The normalized spacial score (nSPS) is 19.6. The van der Waals surface area contributed by atoms with Crippen molar-refractivity contribution in [1.29, 1.82) is 0 Å². The zero-order chi connectivity index (χ0) is 29.9. The van der Waals surface area contributed by atoms with E-state index >= 15 is 0 Å². The molecule has 43 heavy (non-hydrogen) atoms.